The highest BCUT2D eigenvalue weighted by molar-refractivity contribution is 9.10. The third kappa shape index (κ3) is 0.983. The summed E-state index contributed by atoms with van der Waals surface area (Å²) < 4.78 is 6.33. The highest BCUT2D eigenvalue weighted by Crippen LogP contribution is 2.35. The molecule has 0 amide bonds. The molecule has 0 aromatic carbocycles. The second-order valence-corrected chi connectivity index (χ2v) is 3.96. The Labute approximate surface area is 83.3 Å². The molecule has 0 bridgehead atoms. The zero-order valence-electron chi connectivity index (χ0n) is 6.80. The molecule has 0 unspecified atom stereocenters. The van der Waals surface area contributed by atoms with E-state index in [0.29, 0.717) is 0 Å². The quantitative estimate of drug-likeness (QED) is 0.767. The minimum absolute atomic E-state index is 0.792. The van der Waals surface area contributed by atoms with E-state index in [1.807, 2.05) is 12.3 Å². The van der Waals surface area contributed by atoms with Crippen molar-refractivity contribution in [1.29, 1.82) is 0 Å². The van der Waals surface area contributed by atoms with Gasteiger partial charge in [0, 0.05) is 11.1 Å². The fraction of sp³-hybridized carbons (Fsp3) is 0.222. The van der Waals surface area contributed by atoms with E-state index in [1.54, 1.807) is 0 Å². The van der Waals surface area contributed by atoms with Crippen LogP contribution in [0.3, 0.4) is 0 Å². The minimum Gasteiger partial charge on any atom is -0.447 e. The Morgan fingerprint density at radius 3 is 3.15 bits per heavy atom. The van der Waals surface area contributed by atoms with Gasteiger partial charge in [0.05, 0.1) is 6.20 Å². The normalized spacial score (nSPS) is 13.9. The molecule has 0 saturated carbocycles. The molecule has 4 heteroatoms. The number of rotatable bonds is 0. The van der Waals surface area contributed by atoms with E-state index in [9.17, 15) is 0 Å². The van der Waals surface area contributed by atoms with E-state index in [0.717, 1.165) is 29.0 Å². The fourth-order valence-corrected chi connectivity index (χ4v) is 2.20. The van der Waals surface area contributed by atoms with Crippen LogP contribution in [0.4, 0.5) is 0 Å². The summed E-state index contributed by atoms with van der Waals surface area (Å²) >= 11 is 3.33. The second-order valence-electron chi connectivity index (χ2n) is 3.18. The van der Waals surface area contributed by atoms with Gasteiger partial charge in [0.25, 0.3) is 0 Å². The molecule has 0 atom stereocenters. The van der Waals surface area contributed by atoms with E-state index in [-0.39, 0.29) is 0 Å². The summed E-state index contributed by atoms with van der Waals surface area (Å²) in [5.74, 6) is 0.936. The molecule has 2 aromatic rings. The van der Waals surface area contributed by atoms with Gasteiger partial charge < -0.3 is 4.42 Å². The molecule has 3 nitrogen and oxygen atoms in total. The minimum atomic E-state index is 0.792. The van der Waals surface area contributed by atoms with Crippen LogP contribution in [-0.4, -0.2) is 10.2 Å². The van der Waals surface area contributed by atoms with Gasteiger partial charge in [-0.2, -0.15) is 5.10 Å². The van der Waals surface area contributed by atoms with Crippen LogP contribution in [0.15, 0.2) is 21.3 Å². The lowest BCUT2D eigenvalue weighted by molar-refractivity contribution is 0.548. The Balaban J connectivity index is 2.29. The molecule has 0 saturated heterocycles. The molecule has 2 heterocycles. The standard InChI is InChI=1S/C9H7BrN2O/c10-7-3-5-1-2-6-4-11-12-8(6)9(5)13-7/h3-4H,1-2H2,(H,11,12). The van der Waals surface area contributed by atoms with E-state index in [1.165, 1.54) is 11.1 Å². The highest BCUT2D eigenvalue weighted by Gasteiger charge is 2.21. The Morgan fingerprint density at radius 1 is 1.38 bits per heavy atom. The topological polar surface area (TPSA) is 41.8 Å². The van der Waals surface area contributed by atoms with E-state index in [2.05, 4.69) is 26.1 Å². The van der Waals surface area contributed by atoms with Crippen LogP contribution in [0.2, 0.25) is 0 Å². The Hall–Kier alpha value is -1.03. The van der Waals surface area contributed by atoms with Gasteiger partial charge in [-0.15, -0.1) is 0 Å². The van der Waals surface area contributed by atoms with Gasteiger partial charge in [-0.1, -0.05) is 0 Å². The first-order chi connectivity index (χ1) is 6.34. The first-order valence-corrected chi connectivity index (χ1v) is 4.95. The van der Waals surface area contributed by atoms with Crippen molar-refractivity contribution >= 4 is 15.9 Å². The average molecular weight is 239 g/mol. The van der Waals surface area contributed by atoms with Crippen molar-refractivity contribution in [1.82, 2.24) is 10.2 Å². The van der Waals surface area contributed by atoms with E-state index in [4.69, 9.17) is 4.42 Å². The first-order valence-electron chi connectivity index (χ1n) is 4.15. The third-order valence-corrected chi connectivity index (χ3v) is 2.78. The van der Waals surface area contributed by atoms with Crippen LogP contribution in [0.1, 0.15) is 11.1 Å². The number of nitrogens with zero attached hydrogens (tertiary/aromatic N) is 1. The van der Waals surface area contributed by atoms with Crippen LogP contribution in [-0.2, 0) is 12.8 Å². The fourth-order valence-electron chi connectivity index (χ4n) is 1.76. The number of H-pyrrole nitrogens is 1. The number of fused-ring (bicyclic) bond motifs is 3. The number of hydrogen-bond acceptors (Lipinski definition) is 2. The zero-order valence-corrected chi connectivity index (χ0v) is 8.39. The molecule has 0 spiro atoms. The maximum absolute atomic E-state index is 5.54. The Morgan fingerprint density at radius 2 is 2.23 bits per heavy atom. The van der Waals surface area contributed by atoms with Crippen molar-refractivity contribution in [2.24, 2.45) is 0 Å². The summed E-state index contributed by atoms with van der Waals surface area (Å²) in [7, 11) is 0. The second kappa shape index (κ2) is 2.48. The summed E-state index contributed by atoms with van der Waals surface area (Å²) in [6, 6.07) is 2.03. The molecule has 0 fully saturated rings. The highest BCUT2D eigenvalue weighted by atomic mass is 79.9. The van der Waals surface area contributed by atoms with Gasteiger partial charge in [-0.05, 0) is 34.8 Å². The molecular formula is C9H7BrN2O. The van der Waals surface area contributed by atoms with Gasteiger partial charge in [-0.3, -0.25) is 5.10 Å². The van der Waals surface area contributed by atoms with E-state index >= 15 is 0 Å². The maximum Gasteiger partial charge on any atom is 0.170 e. The average Bonchev–Trinajstić information content (AvgIpc) is 2.65. The summed E-state index contributed by atoms with van der Waals surface area (Å²) in [4.78, 5) is 0. The number of furan rings is 1. The predicted octanol–water partition coefficient (Wildman–Crippen LogP) is 2.53. The van der Waals surface area contributed by atoms with Crippen molar-refractivity contribution < 1.29 is 4.42 Å². The third-order valence-electron chi connectivity index (χ3n) is 2.39. The number of aryl methyl sites for hydroxylation is 2. The number of hydrogen-bond donors (Lipinski definition) is 1. The van der Waals surface area contributed by atoms with Crippen molar-refractivity contribution in [2.75, 3.05) is 0 Å². The molecule has 13 heavy (non-hydrogen) atoms. The van der Waals surface area contributed by atoms with Crippen molar-refractivity contribution in [3.63, 3.8) is 0 Å². The lowest BCUT2D eigenvalue weighted by Crippen LogP contribution is -1.99. The molecule has 0 radical (unpaired) electrons. The molecule has 2 aromatic heterocycles. The Kier molecular flexibility index (Phi) is 1.41. The Bertz CT molecular complexity index is 458. The zero-order chi connectivity index (χ0) is 8.84. The van der Waals surface area contributed by atoms with Gasteiger partial charge in [0.1, 0.15) is 5.69 Å². The van der Waals surface area contributed by atoms with Gasteiger partial charge >= 0.3 is 0 Å². The number of halogens is 1. The molecule has 3 rings (SSSR count). The molecule has 66 valence electrons. The van der Waals surface area contributed by atoms with Crippen LogP contribution in [0, 0.1) is 0 Å². The molecule has 1 N–H and O–H groups in total. The lowest BCUT2D eigenvalue weighted by Gasteiger charge is -2.08. The first kappa shape index (κ1) is 7.38. The largest absolute Gasteiger partial charge is 0.447 e. The van der Waals surface area contributed by atoms with Crippen LogP contribution in [0.5, 0.6) is 0 Å². The molecule has 0 aliphatic heterocycles. The van der Waals surface area contributed by atoms with Gasteiger partial charge in [-0.25, -0.2) is 0 Å². The lowest BCUT2D eigenvalue weighted by atomic mass is 9.97. The van der Waals surface area contributed by atoms with Crippen LogP contribution >= 0.6 is 15.9 Å². The predicted molar refractivity (Wildman–Crippen MR) is 51.4 cm³/mol. The van der Waals surface area contributed by atoms with Crippen molar-refractivity contribution in [3.8, 4) is 11.5 Å². The number of nitrogens with one attached hydrogen (secondary N) is 1. The monoisotopic (exact) mass is 238 g/mol. The smallest absolute Gasteiger partial charge is 0.170 e. The van der Waals surface area contributed by atoms with Gasteiger partial charge in [0.15, 0.2) is 10.4 Å². The summed E-state index contributed by atoms with van der Waals surface area (Å²) in [5, 5.41) is 6.97. The number of aromatic nitrogens is 2. The summed E-state index contributed by atoms with van der Waals surface area (Å²) in [6.07, 6.45) is 3.95. The summed E-state index contributed by atoms with van der Waals surface area (Å²) in [5.41, 5.74) is 3.53. The number of aromatic amines is 1. The van der Waals surface area contributed by atoms with Crippen LogP contribution < -0.4 is 0 Å². The van der Waals surface area contributed by atoms with Crippen molar-refractivity contribution in [2.45, 2.75) is 12.8 Å². The summed E-state index contributed by atoms with van der Waals surface area (Å²) in [6.45, 7) is 0. The van der Waals surface area contributed by atoms with Gasteiger partial charge in [0.2, 0.25) is 0 Å². The molecule has 1 aliphatic rings. The molecular weight excluding hydrogens is 232 g/mol. The van der Waals surface area contributed by atoms with Crippen LogP contribution in [0.25, 0.3) is 11.5 Å². The SMILES string of the molecule is Brc1cc2c(o1)-c1[nH]ncc1CC2. The van der Waals surface area contributed by atoms with Crippen molar-refractivity contribution in [3.05, 3.63) is 28.1 Å². The van der Waals surface area contributed by atoms with E-state index < -0.39 is 0 Å². The maximum atomic E-state index is 5.54. The molecule has 1 aliphatic carbocycles.